The summed E-state index contributed by atoms with van der Waals surface area (Å²) in [7, 11) is 0. The molecule has 10 nitrogen and oxygen atoms in total. The Hall–Kier alpha value is -3.26. The van der Waals surface area contributed by atoms with E-state index in [4.69, 9.17) is 19.2 Å². The molecular weight excluding hydrogens is 568 g/mol. The second-order valence-corrected chi connectivity index (χ2v) is 14.2. The monoisotopic (exact) mass is 620 g/mol. The molecule has 0 aromatic carbocycles. The molecule has 246 valence electrons. The average molecular weight is 621 g/mol. The van der Waals surface area contributed by atoms with Crippen LogP contribution in [-0.4, -0.2) is 71.6 Å². The van der Waals surface area contributed by atoms with Gasteiger partial charge in [0.05, 0.1) is 23.8 Å². The standard InChI is InChI=1S/C35H52N6O4/c1-24-20-37-31(19-28(24)29-9-8-10-30(41-29)38-23-35(22-36)15-17-43-18-16-35)40-27-13-11-26(12-14-27)39-25(2)21-44-34(6,7)32(42)45-33(3,4)5/h8-10,19-20,25-27,39H,11-18,21,23H2,1-7H3,(H,37,40)(H,38,41)/t25-,26?,27?/m1/s1. The van der Waals surface area contributed by atoms with Gasteiger partial charge in [0, 0.05) is 49.6 Å². The van der Waals surface area contributed by atoms with Crippen LogP contribution in [0.2, 0.25) is 0 Å². The number of rotatable bonds is 12. The highest BCUT2D eigenvalue weighted by atomic mass is 16.6. The van der Waals surface area contributed by atoms with Gasteiger partial charge < -0.3 is 30.2 Å². The van der Waals surface area contributed by atoms with Crippen molar-refractivity contribution in [3.63, 3.8) is 0 Å². The molecule has 3 N–H and O–H groups in total. The molecule has 0 spiro atoms. The molecule has 0 unspecified atom stereocenters. The lowest BCUT2D eigenvalue weighted by molar-refractivity contribution is -0.180. The van der Waals surface area contributed by atoms with Gasteiger partial charge in [-0.2, -0.15) is 5.26 Å². The molecule has 0 bridgehead atoms. The summed E-state index contributed by atoms with van der Waals surface area (Å²) in [6, 6.07) is 11.4. The van der Waals surface area contributed by atoms with Crippen molar-refractivity contribution in [1.82, 2.24) is 15.3 Å². The predicted molar refractivity (Wildman–Crippen MR) is 177 cm³/mol. The van der Waals surface area contributed by atoms with Crippen molar-refractivity contribution in [1.29, 1.82) is 5.26 Å². The topological polar surface area (TPSA) is 130 Å². The molecule has 2 aromatic rings. The third kappa shape index (κ3) is 10.1. The summed E-state index contributed by atoms with van der Waals surface area (Å²) >= 11 is 0. The third-order valence-corrected chi connectivity index (χ3v) is 8.61. The molecule has 3 heterocycles. The number of anilines is 2. The molecule has 1 atom stereocenters. The van der Waals surface area contributed by atoms with E-state index in [2.05, 4.69) is 46.9 Å². The number of esters is 1. The number of nitriles is 1. The fraction of sp³-hybridized carbons (Fsp3) is 0.657. The number of nitrogens with one attached hydrogen (secondary N) is 3. The molecule has 0 amide bonds. The number of carbonyl (C=O) groups is 1. The van der Waals surface area contributed by atoms with Crippen molar-refractivity contribution in [3.05, 3.63) is 36.0 Å². The molecule has 2 aromatic heterocycles. The summed E-state index contributed by atoms with van der Waals surface area (Å²) in [5.74, 6) is 1.27. The number of carbonyl (C=O) groups excluding carboxylic acids is 1. The smallest absolute Gasteiger partial charge is 0.338 e. The Kier molecular flexibility index (Phi) is 11.5. The molecule has 4 rings (SSSR count). The quantitative estimate of drug-likeness (QED) is 0.242. The van der Waals surface area contributed by atoms with Crippen molar-refractivity contribution in [2.24, 2.45) is 5.41 Å². The summed E-state index contributed by atoms with van der Waals surface area (Å²) < 4.78 is 16.9. The summed E-state index contributed by atoms with van der Waals surface area (Å²) in [5, 5.41) is 20.5. The highest BCUT2D eigenvalue weighted by Gasteiger charge is 2.35. The first kappa shape index (κ1) is 34.6. The van der Waals surface area contributed by atoms with Gasteiger partial charge in [0.1, 0.15) is 17.2 Å². The number of hydrogen-bond donors (Lipinski definition) is 3. The number of pyridine rings is 2. The zero-order chi connectivity index (χ0) is 32.7. The fourth-order valence-electron chi connectivity index (χ4n) is 5.77. The van der Waals surface area contributed by atoms with Crippen LogP contribution in [0, 0.1) is 23.7 Å². The minimum absolute atomic E-state index is 0.113. The van der Waals surface area contributed by atoms with E-state index in [-0.39, 0.29) is 12.0 Å². The Labute approximate surface area is 269 Å². The van der Waals surface area contributed by atoms with Gasteiger partial charge in [-0.25, -0.2) is 14.8 Å². The van der Waals surface area contributed by atoms with E-state index in [0.29, 0.717) is 38.4 Å². The molecule has 45 heavy (non-hydrogen) atoms. The molecule has 10 heteroatoms. The summed E-state index contributed by atoms with van der Waals surface area (Å²) in [5.41, 5.74) is 1.01. The van der Waals surface area contributed by atoms with Gasteiger partial charge in [-0.3, -0.25) is 0 Å². The Bertz CT molecular complexity index is 1320. The predicted octanol–water partition coefficient (Wildman–Crippen LogP) is 6.02. The van der Waals surface area contributed by atoms with Crippen molar-refractivity contribution in [2.75, 3.05) is 37.0 Å². The Morgan fingerprint density at radius 2 is 1.80 bits per heavy atom. The Balaban J connectivity index is 1.27. The highest BCUT2D eigenvalue weighted by molar-refractivity contribution is 5.79. The minimum Gasteiger partial charge on any atom is -0.458 e. The van der Waals surface area contributed by atoms with Crippen molar-refractivity contribution in [3.8, 4) is 17.3 Å². The van der Waals surface area contributed by atoms with E-state index in [1.165, 1.54) is 0 Å². The van der Waals surface area contributed by atoms with Crippen LogP contribution < -0.4 is 16.0 Å². The van der Waals surface area contributed by atoms with Crippen LogP contribution in [0.1, 0.15) is 85.6 Å². The van der Waals surface area contributed by atoms with Crippen LogP contribution in [0.4, 0.5) is 11.6 Å². The van der Waals surface area contributed by atoms with E-state index in [1.54, 1.807) is 13.8 Å². The van der Waals surface area contributed by atoms with Gasteiger partial charge in [0.15, 0.2) is 5.60 Å². The number of ether oxygens (including phenoxy) is 3. The van der Waals surface area contributed by atoms with Gasteiger partial charge in [-0.1, -0.05) is 6.07 Å². The second-order valence-electron chi connectivity index (χ2n) is 14.2. The maximum absolute atomic E-state index is 12.5. The Morgan fingerprint density at radius 3 is 2.47 bits per heavy atom. The lowest BCUT2D eigenvalue weighted by Gasteiger charge is -2.33. The Morgan fingerprint density at radius 1 is 1.11 bits per heavy atom. The zero-order valence-electron chi connectivity index (χ0n) is 28.2. The van der Waals surface area contributed by atoms with Gasteiger partial charge >= 0.3 is 5.97 Å². The summed E-state index contributed by atoms with van der Waals surface area (Å²) in [4.78, 5) is 22.1. The van der Waals surface area contributed by atoms with E-state index >= 15 is 0 Å². The van der Waals surface area contributed by atoms with Crippen molar-refractivity contribution < 1.29 is 19.0 Å². The molecule has 1 aliphatic heterocycles. The van der Waals surface area contributed by atoms with Gasteiger partial charge in [0.2, 0.25) is 0 Å². The number of nitrogens with zero attached hydrogens (tertiary/aromatic N) is 3. The molecule has 2 fully saturated rings. The summed E-state index contributed by atoms with van der Waals surface area (Å²) in [6.07, 6.45) is 7.51. The van der Waals surface area contributed by atoms with Gasteiger partial charge in [-0.05, 0) is 111 Å². The molecule has 1 saturated carbocycles. The number of aromatic nitrogens is 2. The zero-order valence-corrected chi connectivity index (χ0v) is 28.2. The maximum atomic E-state index is 12.5. The average Bonchev–Trinajstić information content (AvgIpc) is 3.01. The van der Waals surface area contributed by atoms with E-state index in [1.807, 2.05) is 45.2 Å². The number of aryl methyl sites for hydroxylation is 1. The van der Waals surface area contributed by atoms with Crippen LogP contribution in [0.25, 0.3) is 11.3 Å². The summed E-state index contributed by atoms with van der Waals surface area (Å²) in [6.45, 7) is 15.5. The van der Waals surface area contributed by atoms with Gasteiger partial charge in [-0.15, -0.1) is 0 Å². The molecule has 0 radical (unpaired) electrons. The van der Waals surface area contributed by atoms with Crippen LogP contribution in [0.15, 0.2) is 30.5 Å². The first-order chi connectivity index (χ1) is 21.3. The van der Waals surface area contributed by atoms with Crippen LogP contribution >= 0.6 is 0 Å². The van der Waals surface area contributed by atoms with Crippen LogP contribution in [0.3, 0.4) is 0 Å². The van der Waals surface area contributed by atoms with Gasteiger partial charge in [0.25, 0.3) is 0 Å². The van der Waals surface area contributed by atoms with Crippen LogP contribution in [0.5, 0.6) is 0 Å². The first-order valence-corrected chi connectivity index (χ1v) is 16.3. The molecular formula is C35H52N6O4. The van der Waals surface area contributed by atoms with Crippen molar-refractivity contribution >= 4 is 17.6 Å². The minimum atomic E-state index is -0.997. The lowest BCUT2D eigenvalue weighted by Crippen LogP contribution is -2.46. The normalized spacial score (nSPS) is 20.9. The molecule has 1 saturated heterocycles. The number of hydrogen-bond acceptors (Lipinski definition) is 10. The van der Waals surface area contributed by atoms with Crippen molar-refractivity contribution in [2.45, 2.75) is 116 Å². The van der Waals surface area contributed by atoms with E-state index in [9.17, 15) is 10.1 Å². The van der Waals surface area contributed by atoms with Crippen LogP contribution in [-0.2, 0) is 19.0 Å². The third-order valence-electron chi connectivity index (χ3n) is 8.61. The highest BCUT2D eigenvalue weighted by Crippen LogP contribution is 2.31. The molecule has 1 aliphatic carbocycles. The van der Waals surface area contributed by atoms with E-state index in [0.717, 1.165) is 67.0 Å². The maximum Gasteiger partial charge on any atom is 0.338 e. The fourth-order valence-corrected chi connectivity index (χ4v) is 5.77. The SMILES string of the molecule is Cc1cnc(NC2CCC(N[C@H](C)COC(C)(C)C(=O)OC(C)(C)C)CC2)cc1-c1cccc(NCC2(C#N)CCOCC2)n1. The van der Waals surface area contributed by atoms with E-state index < -0.39 is 16.6 Å². The molecule has 2 aliphatic rings. The second kappa shape index (κ2) is 14.9. The largest absolute Gasteiger partial charge is 0.458 e. The first-order valence-electron chi connectivity index (χ1n) is 16.3. The lowest BCUT2D eigenvalue weighted by atomic mass is 9.82.